The van der Waals surface area contributed by atoms with E-state index in [1.807, 2.05) is 12.1 Å². The van der Waals surface area contributed by atoms with Crippen LogP contribution in [-0.2, 0) is 11.3 Å². The van der Waals surface area contributed by atoms with Gasteiger partial charge in [-0.25, -0.2) is 0 Å². The Kier molecular flexibility index (Phi) is 8.51. The molecule has 1 atom stereocenters. The molecule has 0 spiro atoms. The van der Waals surface area contributed by atoms with Gasteiger partial charge in [0, 0.05) is 32.8 Å². The largest absolute Gasteiger partial charge is 0.496 e. The molecule has 0 aliphatic heterocycles. The number of methoxy groups -OCH3 is 4. The summed E-state index contributed by atoms with van der Waals surface area (Å²) in [5.74, 6) is 2.73. The van der Waals surface area contributed by atoms with Gasteiger partial charge in [-0.2, -0.15) is 0 Å². The number of rotatable bonds is 8. The monoisotopic (exact) mass is 367 g/mol. The minimum absolute atomic E-state index is 0.0308. The van der Waals surface area contributed by atoms with Crippen LogP contribution in [0.2, 0.25) is 0 Å². The fourth-order valence-electron chi connectivity index (χ4n) is 2.58. The van der Waals surface area contributed by atoms with Crippen LogP contribution in [0.1, 0.15) is 26.3 Å². The van der Waals surface area contributed by atoms with E-state index in [0.717, 1.165) is 5.56 Å². The topological polar surface area (TPSA) is 73.3 Å². The van der Waals surface area contributed by atoms with E-state index < -0.39 is 0 Å². The number of benzene rings is 1. The minimum atomic E-state index is 0.0308. The summed E-state index contributed by atoms with van der Waals surface area (Å²) in [6, 6.07) is 3.66. The number of nitrogens with zero attached hydrogens (tertiary/aromatic N) is 1. The third kappa shape index (κ3) is 5.98. The smallest absolute Gasteiger partial charge is 0.191 e. The molecule has 0 fully saturated rings. The van der Waals surface area contributed by atoms with Gasteiger partial charge in [-0.1, -0.05) is 20.8 Å². The zero-order chi connectivity index (χ0) is 19.7. The summed E-state index contributed by atoms with van der Waals surface area (Å²) < 4.78 is 21.8. The van der Waals surface area contributed by atoms with Crippen molar-refractivity contribution in [3.8, 4) is 17.2 Å². The van der Waals surface area contributed by atoms with Crippen LogP contribution in [0.25, 0.3) is 0 Å². The predicted octanol–water partition coefficient (Wildman–Crippen LogP) is 2.44. The van der Waals surface area contributed by atoms with Crippen LogP contribution in [0.15, 0.2) is 17.1 Å². The summed E-state index contributed by atoms with van der Waals surface area (Å²) in [5.41, 5.74) is 0.918. The molecule has 1 aromatic carbocycles. The van der Waals surface area contributed by atoms with Gasteiger partial charge in [0.25, 0.3) is 0 Å². The zero-order valence-corrected chi connectivity index (χ0v) is 17.2. The fourth-order valence-corrected chi connectivity index (χ4v) is 2.58. The van der Waals surface area contributed by atoms with Crippen molar-refractivity contribution in [1.29, 1.82) is 0 Å². The minimum Gasteiger partial charge on any atom is -0.496 e. The number of nitrogens with one attached hydrogen (secondary N) is 2. The van der Waals surface area contributed by atoms with Crippen molar-refractivity contribution >= 4 is 5.96 Å². The van der Waals surface area contributed by atoms with Crippen molar-refractivity contribution < 1.29 is 18.9 Å². The molecule has 0 amide bonds. The van der Waals surface area contributed by atoms with Crippen LogP contribution >= 0.6 is 0 Å². The highest BCUT2D eigenvalue weighted by atomic mass is 16.5. The van der Waals surface area contributed by atoms with Crippen molar-refractivity contribution in [2.24, 2.45) is 10.4 Å². The second-order valence-corrected chi connectivity index (χ2v) is 6.91. The lowest BCUT2D eigenvalue weighted by Crippen LogP contribution is -2.45. The average Bonchev–Trinajstić information content (AvgIpc) is 2.62. The second-order valence-electron chi connectivity index (χ2n) is 6.91. The first-order chi connectivity index (χ1) is 12.3. The summed E-state index contributed by atoms with van der Waals surface area (Å²) in [6.07, 6.45) is 0.0612. The third-order valence-corrected chi connectivity index (χ3v) is 4.18. The molecule has 0 aromatic heterocycles. The van der Waals surface area contributed by atoms with E-state index in [2.05, 4.69) is 36.4 Å². The standard InChI is InChI=1S/C19H33N3O4/c1-19(2,3)17(26-8)12-22-18(20-4)21-11-14-15(24-6)9-13(23-5)10-16(14)25-7/h9-10,17H,11-12H2,1-8H3,(H2,20,21,22). The highest BCUT2D eigenvalue weighted by molar-refractivity contribution is 5.79. The van der Waals surface area contributed by atoms with Gasteiger partial charge >= 0.3 is 0 Å². The van der Waals surface area contributed by atoms with Gasteiger partial charge < -0.3 is 29.6 Å². The molecule has 0 heterocycles. The first-order valence-corrected chi connectivity index (χ1v) is 8.56. The van der Waals surface area contributed by atoms with Crippen LogP contribution in [0.3, 0.4) is 0 Å². The van der Waals surface area contributed by atoms with Crippen LogP contribution in [0.5, 0.6) is 17.2 Å². The molecule has 26 heavy (non-hydrogen) atoms. The highest BCUT2D eigenvalue weighted by Gasteiger charge is 2.24. The lowest BCUT2D eigenvalue weighted by atomic mass is 9.89. The van der Waals surface area contributed by atoms with Crippen molar-refractivity contribution in [2.75, 3.05) is 42.0 Å². The van der Waals surface area contributed by atoms with Gasteiger partial charge in [-0.3, -0.25) is 4.99 Å². The van der Waals surface area contributed by atoms with Crippen molar-refractivity contribution in [3.05, 3.63) is 17.7 Å². The molecule has 1 aromatic rings. The first-order valence-electron chi connectivity index (χ1n) is 8.56. The SMILES string of the molecule is CN=C(NCc1c(OC)cc(OC)cc1OC)NCC(OC)C(C)(C)C. The summed E-state index contributed by atoms with van der Waals surface area (Å²) in [5, 5.41) is 6.59. The molecule has 0 aliphatic rings. The number of hydrogen-bond donors (Lipinski definition) is 2. The van der Waals surface area contributed by atoms with Gasteiger partial charge in [-0.15, -0.1) is 0 Å². The Balaban J connectivity index is 2.83. The van der Waals surface area contributed by atoms with Gasteiger partial charge in [-0.05, 0) is 5.41 Å². The Morgan fingerprint density at radius 3 is 1.96 bits per heavy atom. The van der Waals surface area contributed by atoms with E-state index in [-0.39, 0.29) is 11.5 Å². The molecule has 7 nitrogen and oxygen atoms in total. The Morgan fingerprint density at radius 1 is 1.00 bits per heavy atom. The number of guanidine groups is 1. The Hall–Kier alpha value is -2.15. The van der Waals surface area contributed by atoms with Gasteiger partial charge in [0.2, 0.25) is 0 Å². The lowest BCUT2D eigenvalue weighted by Gasteiger charge is -2.30. The average molecular weight is 367 g/mol. The fraction of sp³-hybridized carbons (Fsp3) is 0.632. The maximum atomic E-state index is 5.57. The quantitative estimate of drug-likeness (QED) is 0.543. The van der Waals surface area contributed by atoms with E-state index in [1.165, 1.54) is 0 Å². The van der Waals surface area contributed by atoms with E-state index >= 15 is 0 Å². The molecule has 0 radical (unpaired) electrons. The van der Waals surface area contributed by atoms with Crippen molar-refractivity contribution in [2.45, 2.75) is 33.4 Å². The van der Waals surface area contributed by atoms with Crippen LogP contribution in [0.4, 0.5) is 0 Å². The van der Waals surface area contributed by atoms with E-state index in [0.29, 0.717) is 36.3 Å². The van der Waals surface area contributed by atoms with E-state index in [4.69, 9.17) is 18.9 Å². The number of ether oxygens (including phenoxy) is 4. The van der Waals surface area contributed by atoms with Crippen LogP contribution in [-0.4, -0.2) is 54.1 Å². The van der Waals surface area contributed by atoms with Crippen LogP contribution in [0, 0.1) is 5.41 Å². The highest BCUT2D eigenvalue weighted by Crippen LogP contribution is 2.33. The second kappa shape index (κ2) is 10.1. The maximum absolute atomic E-state index is 5.57. The van der Waals surface area contributed by atoms with E-state index in [1.54, 1.807) is 35.5 Å². The molecule has 0 saturated carbocycles. The third-order valence-electron chi connectivity index (χ3n) is 4.18. The molecule has 148 valence electrons. The molecule has 0 bridgehead atoms. The van der Waals surface area contributed by atoms with Crippen molar-refractivity contribution in [3.63, 3.8) is 0 Å². The molecule has 0 aliphatic carbocycles. The Labute approximate surface area is 157 Å². The maximum Gasteiger partial charge on any atom is 0.191 e. The molecule has 2 N–H and O–H groups in total. The molecule has 1 unspecified atom stereocenters. The molecular weight excluding hydrogens is 334 g/mol. The summed E-state index contributed by atoms with van der Waals surface area (Å²) in [7, 11) is 8.31. The molecule has 1 rings (SSSR count). The van der Waals surface area contributed by atoms with Crippen molar-refractivity contribution in [1.82, 2.24) is 10.6 Å². The van der Waals surface area contributed by atoms with Crippen LogP contribution < -0.4 is 24.8 Å². The van der Waals surface area contributed by atoms with E-state index in [9.17, 15) is 0 Å². The zero-order valence-electron chi connectivity index (χ0n) is 17.2. The summed E-state index contributed by atoms with van der Waals surface area (Å²) in [6.45, 7) is 7.57. The normalized spacial score (nSPS) is 13.2. The molecular formula is C19H33N3O4. The van der Waals surface area contributed by atoms with Gasteiger partial charge in [0.1, 0.15) is 17.2 Å². The predicted molar refractivity (Wildman–Crippen MR) is 105 cm³/mol. The number of aliphatic imine (C=N–C) groups is 1. The molecule has 7 heteroatoms. The Morgan fingerprint density at radius 2 is 1.58 bits per heavy atom. The Bertz CT molecular complexity index is 572. The van der Waals surface area contributed by atoms with Gasteiger partial charge in [0.15, 0.2) is 5.96 Å². The van der Waals surface area contributed by atoms with Gasteiger partial charge in [0.05, 0.1) is 39.5 Å². The summed E-state index contributed by atoms with van der Waals surface area (Å²) in [4.78, 5) is 4.27. The molecule has 0 saturated heterocycles. The summed E-state index contributed by atoms with van der Waals surface area (Å²) >= 11 is 0. The first kappa shape index (κ1) is 21.9. The lowest BCUT2D eigenvalue weighted by molar-refractivity contribution is 0.0205. The number of hydrogen-bond acceptors (Lipinski definition) is 5.